The molecule has 2 N–H and O–H groups in total. The van der Waals surface area contributed by atoms with Gasteiger partial charge in [0.15, 0.2) is 0 Å². The third kappa shape index (κ3) is 5.79. The lowest BCUT2D eigenvalue weighted by Gasteiger charge is -2.09. The van der Waals surface area contributed by atoms with E-state index in [0.29, 0.717) is 36.4 Å². The van der Waals surface area contributed by atoms with Gasteiger partial charge in [-0.25, -0.2) is 9.97 Å². The van der Waals surface area contributed by atoms with Crippen molar-refractivity contribution in [1.82, 2.24) is 15.3 Å². The molecule has 0 saturated heterocycles. The molecule has 1 aromatic carbocycles. The van der Waals surface area contributed by atoms with Crippen molar-refractivity contribution in [2.75, 3.05) is 32.1 Å². The Morgan fingerprint density at radius 1 is 1.21 bits per heavy atom. The highest BCUT2D eigenvalue weighted by Gasteiger charge is 2.10. The molecule has 24 heavy (non-hydrogen) atoms. The highest BCUT2D eigenvalue weighted by atomic mass is 35.5. The number of anilines is 1. The summed E-state index contributed by atoms with van der Waals surface area (Å²) >= 11 is 5.85. The van der Waals surface area contributed by atoms with E-state index in [4.69, 9.17) is 16.3 Å². The lowest BCUT2D eigenvalue weighted by Crippen LogP contribution is -2.27. The number of methoxy groups -OCH3 is 1. The summed E-state index contributed by atoms with van der Waals surface area (Å²) in [6, 6.07) is 9.23. The highest BCUT2D eigenvalue weighted by Crippen LogP contribution is 2.10. The van der Waals surface area contributed by atoms with Crippen LogP contribution in [0.2, 0.25) is 5.02 Å². The summed E-state index contributed by atoms with van der Waals surface area (Å²) in [4.78, 5) is 20.7. The van der Waals surface area contributed by atoms with Crippen LogP contribution in [-0.4, -0.2) is 42.7 Å². The first-order valence-corrected chi connectivity index (χ1v) is 8.07. The number of rotatable bonds is 8. The summed E-state index contributed by atoms with van der Waals surface area (Å²) in [5.74, 6) is 0.208. The van der Waals surface area contributed by atoms with Crippen LogP contribution in [0, 0.1) is 6.92 Å². The fraction of sp³-hybridized carbons (Fsp3) is 0.353. The number of halogens is 1. The zero-order chi connectivity index (χ0) is 17.4. The minimum atomic E-state index is -0.218. The number of nitrogens with one attached hydrogen (secondary N) is 2. The molecule has 6 nitrogen and oxygen atoms in total. The van der Waals surface area contributed by atoms with Crippen molar-refractivity contribution >= 4 is 23.5 Å². The molecule has 2 aromatic rings. The maximum absolute atomic E-state index is 12.2. The molecule has 128 valence electrons. The third-order valence-electron chi connectivity index (χ3n) is 3.29. The van der Waals surface area contributed by atoms with Gasteiger partial charge in [0.1, 0.15) is 5.69 Å². The number of benzene rings is 1. The molecule has 0 aliphatic carbocycles. The zero-order valence-electron chi connectivity index (χ0n) is 13.8. The SMILES string of the molecule is COCCNc1nc(C)cc(C(=O)NCCc2ccc(Cl)cc2)n1. The Labute approximate surface area is 146 Å². The highest BCUT2D eigenvalue weighted by molar-refractivity contribution is 6.30. The first-order chi connectivity index (χ1) is 11.6. The van der Waals surface area contributed by atoms with Crippen LogP contribution in [0.15, 0.2) is 30.3 Å². The smallest absolute Gasteiger partial charge is 0.270 e. The summed E-state index contributed by atoms with van der Waals surface area (Å²) in [6.07, 6.45) is 0.728. The van der Waals surface area contributed by atoms with Crippen molar-refractivity contribution in [3.63, 3.8) is 0 Å². The Kier molecular flexibility index (Phi) is 6.96. The molecule has 0 fully saturated rings. The number of amides is 1. The van der Waals surface area contributed by atoms with Gasteiger partial charge < -0.3 is 15.4 Å². The van der Waals surface area contributed by atoms with Crippen molar-refractivity contribution in [1.29, 1.82) is 0 Å². The van der Waals surface area contributed by atoms with Gasteiger partial charge in [-0.15, -0.1) is 0 Å². The molecule has 0 aliphatic heterocycles. The van der Waals surface area contributed by atoms with E-state index in [2.05, 4.69) is 20.6 Å². The Balaban J connectivity index is 1.90. The molecule has 0 aliphatic rings. The summed E-state index contributed by atoms with van der Waals surface area (Å²) in [6.45, 7) is 3.47. The van der Waals surface area contributed by atoms with E-state index in [1.807, 2.05) is 31.2 Å². The summed E-state index contributed by atoms with van der Waals surface area (Å²) in [5, 5.41) is 6.60. The molecule has 0 unspecified atom stereocenters. The minimum absolute atomic E-state index is 0.218. The Morgan fingerprint density at radius 3 is 2.67 bits per heavy atom. The van der Waals surface area contributed by atoms with Crippen LogP contribution in [-0.2, 0) is 11.2 Å². The van der Waals surface area contributed by atoms with Crippen LogP contribution in [0.1, 0.15) is 21.7 Å². The van der Waals surface area contributed by atoms with Gasteiger partial charge in [0.2, 0.25) is 5.95 Å². The van der Waals surface area contributed by atoms with Gasteiger partial charge >= 0.3 is 0 Å². The number of nitrogens with zero attached hydrogens (tertiary/aromatic N) is 2. The maximum atomic E-state index is 12.2. The van der Waals surface area contributed by atoms with E-state index in [0.717, 1.165) is 17.7 Å². The van der Waals surface area contributed by atoms with E-state index in [9.17, 15) is 4.79 Å². The van der Waals surface area contributed by atoms with Crippen LogP contribution in [0.4, 0.5) is 5.95 Å². The predicted octanol–water partition coefficient (Wildman–Crippen LogP) is 2.47. The first kappa shape index (κ1) is 18.2. The third-order valence-corrected chi connectivity index (χ3v) is 3.54. The van der Waals surface area contributed by atoms with Gasteiger partial charge in [0, 0.05) is 30.9 Å². The van der Waals surface area contributed by atoms with Crippen LogP contribution in [0.25, 0.3) is 0 Å². The lowest BCUT2D eigenvalue weighted by molar-refractivity contribution is 0.0949. The molecule has 0 atom stereocenters. The average molecular weight is 349 g/mol. The Hall–Kier alpha value is -2.18. The zero-order valence-corrected chi connectivity index (χ0v) is 14.6. The quantitative estimate of drug-likeness (QED) is 0.717. The molecule has 7 heteroatoms. The summed E-state index contributed by atoms with van der Waals surface area (Å²) < 4.78 is 4.97. The molecule has 1 aromatic heterocycles. The molecule has 0 spiro atoms. The number of carbonyl (C=O) groups is 1. The second kappa shape index (κ2) is 9.20. The molecule has 2 rings (SSSR count). The molecule has 0 saturated carbocycles. The molecular formula is C17H21ClN4O2. The van der Waals surface area contributed by atoms with Crippen molar-refractivity contribution in [2.24, 2.45) is 0 Å². The molecular weight excluding hydrogens is 328 g/mol. The Morgan fingerprint density at radius 2 is 1.96 bits per heavy atom. The van der Waals surface area contributed by atoms with Gasteiger partial charge in [-0.2, -0.15) is 0 Å². The number of ether oxygens (including phenoxy) is 1. The normalized spacial score (nSPS) is 10.5. The number of hydrogen-bond donors (Lipinski definition) is 2. The fourth-order valence-electron chi connectivity index (χ4n) is 2.09. The van der Waals surface area contributed by atoms with Crippen molar-refractivity contribution in [2.45, 2.75) is 13.3 Å². The molecule has 1 heterocycles. The first-order valence-electron chi connectivity index (χ1n) is 7.69. The lowest BCUT2D eigenvalue weighted by atomic mass is 10.1. The van der Waals surface area contributed by atoms with E-state index < -0.39 is 0 Å². The fourth-order valence-corrected chi connectivity index (χ4v) is 2.22. The number of aryl methyl sites for hydroxylation is 1. The Bertz CT molecular complexity index is 677. The van der Waals surface area contributed by atoms with Gasteiger partial charge in [-0.05, 0) is 37.1 Å². The second-order valence-corrected chi connectivity index (χ2v) is 5.71. The van der Waals surface area contributed by atoms with Crippen molar-refractivity contribution < 1.29 is 9.53 Å². The monoisotopic (exact) mass is 348 g/mol. The van der Waals surface area contributed by atoms with Gasteiger partial charge in [0.05, 0.1) is 6.61 Å². The number of carbonyl (C=O) groups excluding carboxylic acids is 1. The number of hydrogen-bond acceptors (Lipinski definition) is 5. The standard InChI is InChI=1S/C17H21ClN4O2/c1-12-11-15(22-17(21-12)20-9-10-24-2)16(23)19-8-7-13-3-5-14(18)6-4-13/h3-6,11H,7-10H2,1-2H3,(H,19,23)(H,20,21,22). The van der Waals surface area contributed by atoms with E-state index in [1.54, 1.807) is 13.2 Å². The van der Waals surface area contributed by atoms with Crippen LogP contribution in [0.3, 0.4) is 0 Å². The van der Waals surface area contributed by atoms with E-state index in [-0.39, 0.29) is 5.91 Å². The molecule has 0 bridgehead atoms. The summed E-state index contributed by atoms with van der Waals surface area (Å²) in [5.41, 5.74) is 2.19. The van der Waals surface area contributed by atoms with Crippen molar-refractivity contribution in [3.8, 4) is 0 Å². The van der Waals surface area contributed by atoms with Gasteiger partial charge in [-0.1, -0.05) is 23.7 Å². The van der Waals surface area contributed by atoms with Crippen LogP contribution in [0.5, 0.6) is 0 Å². The number of aromatic nitrogens is 2. The molecule has 0 radical (unpaired) electrons. The van der Waals surface area contributed by atoms with Crippen LogP contribution < -0.4 is 10.6 Å². The predicted molar refractivity (Wildman–Crippen MR) is 94.6 cm³/mol. The largest absolute Gasteiger partial charge is 0.383 e. The van der Waals surface area contributed by atoms with Crippen LogP contribution >= 0.6 is 11.6 Å². The molecule has 1 amide bonds. The second-order valence-electron chi connectivity index (χ2n) is 5.27. The van der Waals surface area contributed by atoms with Gasteiger partial charge in [-0.3, -0.25) is 4.79 Å². The maximum Gasteiger partial charge on any atom is 0.270 e. The van der Waals surface area contributed by atoms with Gasteiger partial charge in [0.25, 0.3) is 5.91 Å². The minimum Gasteiger partial charge on any atom is -0.383 e. The summed E-state index contributed by atoms with van der Waals surface area (Å²) in [7, 11) is 1.62. The van der Waals surface area contributed by atoms with Crippen molar-refractivity contribution in [3.05, 3.63) is 52.3 Å². The van der Waals surface area contributed by atoms with E-state index in [1.165, 1.54) is 0 Å². The van der Waals surface area contributed by atoms with E-state index >= 15 is 0 Å². The topological polar surface area (TPSA) is 76.1 Å². The average Bonchev–Trinajstić information content (AvgIpc) is 2.56.